The average molecular weight is 363 g/mol. The quantitative estimate of drug-likeness (QED) is 0.602. The second-order valence-electron chi connectivity index (χ2n) is 6.32. The number of para-hydroxylation sites is 2. The first kappa shape index (κ1) is 19.5. The van der Waals surface area contributed by atoms with Crippen molar-refractivity contribution < 1.29 is 18.7 Å². The number of benzene rings is 2. The van der Waals surface area contributed by atoms with Gasteiger partial charge in [-0.15, -0.1) is 0 Å². The third-order valence-electron chi connectivity index (χ3n) is 3.34. The van der Waals surface area contributed by atoms with Crippen molar-refractivity contribution >= 4 is 13.3 Å². The van der Waals surface area contributed by atoms with Crippen molar-refractivity contribution in [3.63, 3.8) is 0 Å². The highest BCUT2D eigenvalue weighted by molar-refractivity contribution is 7.54. The molecular formula is C19H26NO4P. The first-order chi connectivity index (χ1) is 11.8. The van der Waals surface area contributed by atoms with Crippen molar-refractivity contribution in [2.24, 2.45) is 0 Å². The number of phenolic OH excluding ortho intramolecular Hbond substituents is 1. The molecule has 0 bridgehead atoms. The van der Waals surface area contributed by atoms with E-state index in [1.54, 1.807) is 52.0 Å². The monoisotopic (exact) mass is 363 g/mol. The summed E-state index contributed by atoms with van der Waals surface area (Å²) in [6.07, 6.45) is -0.592. The number of nitrogens with one attached hydrogen (secondary N) is 1. The number of phenols is 1. The van der Waals surface area contributed by atoms with Gasteiger partial charge in [0.25, 0.3) is 0 Å². The summed E-state index contributed by atoms with van der Waals surface area (Å²) in [5, 5.41) is 13.5. The molecule has 25 heavy (non-hydrogen) atoms. The highest BCUT2D eigenvalue weighted by atomic mass is 31.2. The zero-order valence-electron chi connectivity index (χ0n) is 15.0. The van der Waals surface area contributed by atoms with Crippen molar-refractivity contribution in [3.05, 3.63) is 60.2 Å². The summed E-state index contributed by atoms with van der Waals surface area (Å²) in [7, 11) is -3.63. The molecule has 0 aliphatic carbocycles. The topological polar surface area (TPSA) is 67.8 Å². The Kier molecular flexibility index (Phi) is 6.65. The van der Waals surface area contributed by atoms with Crippen LogP contribution in [0.3, 0.4) is 0 Å². The van der Waals surface area contributed by atoms with Crippen LogP contribution in [0.1, 0.15) is 39.0 Å². The fourth-order valence-electron chi connectivity index (χ4n) is 2.47. The average Bonchev–Trinajstić information content (AvgIpc) is 2.53. The Morgan fingerprint density at radius 2 is 1.40 bits per heavy atom. The maximum atomic E-state index is 13.7. The number of hydrogen-bond acceptors (Lipinski definition) is 5. The molecule has 0 aliphatic rings. The van der Waals surface area contributed by atoms with E-state index in [0.29, 0.717) is 5.56 Å². The molecule has 0 amide bonds. The molecule has 0 radical (unpaired) electrons. The predicted molar refractivity (Wildman–Crippen MR) is 101 cm³/mol. The van der Waals surface area contributed by atoms with Gasteiger partial charge in [-0.2, -0.15) is 0 Å². The fourth-order valence-corrected chi connectivity index (χ4v) is 4.81. The maximum absolute atomic E-state index is 13.7. The largest absolute Gasteiger partial charge is 0.508 e. The normalized spacial score (nSPS) is 13.2. The van der Waals surface area contributed by atoms with Crippen molar-refractivity contribution in [1.82, 2.24) is 0 Å². The molecule has 0 fully saturated rings. The van der Waals surface area contributed by atoms with Crippen LogP contribution in [0.15, 0.2) is 54.6 Å². The lowest BCUT2D eigenvalue weighted by molar-refractivity contribution is 0.137. The Morgan fingerprint density at radius 3 is 1.92 bits per heavy atom. The molecule has 6 heteroatoms. The molecule has 0 saturated heterocycles. The molecule has 0 spiro atoms. The Bertz CT molecular complexity index is 704. The van der Waals surface area contributed by atoms with Crippen LogP contribution in [0.25, 0.3) is 0 Å². The van der Waals surface area contributed by atoms with Gasteiger partial charge in [0.05, 0.1) is 12.2 Å². The van der Waals surface area contributed by atoms with Gasteiger partial charge in [0.15, 0.2) is 5.78 Å². The van der Waals surface area contributed by atoms with E-state index in [1.165, 1.54) is 0 Å². The number of aromatic hydroxyl groups is 1. The molecule has 2 N–H and O–H groups in total. The van der Waals surface area contributed by atoms with Gasteiger partial charge in [0, 0.05) is 11.3 Å². The third kappa shape index (κ3) is 5.33. The molecule has 2 aromatic rings. The molecule has 0 saturated carbocycles. The van der Waals surface area contributed by atoms with Crippen LogP contribution in [0.4, 0.5) is 5.69 Å². The van der Waals surface area contributed by atoms with Gasteiger partial charge in [0.2, 0.25) is 0 Å². The minimum absolute atomic E-state index is 0.0378. The first-order valence-corrected chi connectivity index (χ1v) is 9.99. The fraction of sp³-hybridized carbons (Fsp3) is 0.368. The summed E-state index contributed by atoms with van der Waals surface area (Å²) < 4.78 is 25.2. The zero-order valence-corrected chi connectivity index (χ0v) is 15.9. The lowest BCUT2D eigenvalue weighted by Gasteiger charge is -2.31. The Morgan fingerprint density at radius 1 is 0.880 bits per heavy atom. The van der Waals surface area contributed by atoms with Crippen molar-refractivity contribution in [1.29, 1.82) is 0 Å². The van der Waals surface area contributed by atoms with E-state index in [-0.39, 0.29) is 18.0 Å². The molecule has 2 aromatic carbocycles. The van der Waals surface area contributed by atoms with Gasteiger partial charge in [-0.3, -0.25) is 4.57 Å². The van der Waals surface area contributed by atoms with Crippen LogP contribution in [-0.4, -0.2) is 17.3 Å². The summed E-state index contributed by atoms with van der Waals surface area (Å²) in [6.45, 7) is 7.23. The van der Waals surface area contributed by atoms with E-state index in [9.17, 15) is 9.67 Å². The molecule has 136 valence electrons. The van der Waals surface area contributed by atoms with Gasteiger partial charge in [-0.05, 0) is 45.9 Å². The molecule has 1 atom stereocenters. The van der Waals surface area contributed by atoms with Gasteiger partial charge < -0.3 is 19.5 Å². The highest BCUT2D eigenvalue weighted by Gasteiger charge is 2.40. The summed E-state index contributed by atoms with van der Waals surface area (Å²) >= 11 is 0. The second kappa shape index (κ2) is 8.52. The minimum Gasteiger partial charge on any atom is -0.508 e. The number of anilines is 1. The predicted octanol–water partition coefficient (Wildman–Crippen LogP) is 5.55. The van der Waals surface area contributed by atoms with Crippen molar-refractivity contribution in [3.8, 4) is 5.75 Å². The van der Waals surface area contributed by atoms with Crippen LogP contribution in [0.2, 0.25) is 0 Å². The van der Waals surface area contributed by atoms with Crippen molar-refractivity contribution in [2.45, 2.75) is 45.7 Å². The molecule has 0 heterocycles. The lowest BCUT2D eigenvalue weighted by atomic mass is 10.2. The number of hydrogen-bond donors (Lipinski definition) is 2. The summed E-state index contributed by atoms with van der Waals surface area (Å²) in [5.74, 6) is -0.795. The van der Waals surface area contributed by atoms with Gasteiger partial charge in [-0.25, -0.2) is 0 Å². The Hall–Kier alpha value is -1.81. The summed E-state index contributed by atoms with van der Waals surface area (Å²) in [5.41, 5.74) is 1.23. The Balaban J connectivity index is 2.51. The molecule has 2 rings (SSSR count). The van der Waals surface area contributed by atoms with Crippen LogP contribution in [0.5, 0.6) is 5.75 Å². The SMILES string of the molecule is CC(C)OP(=O)(OC(C)C)[C@@H](Nc1ccccc1)c1ccccc1O. The first-order valence-electron chi connectivity index (χ1n) is 8.38. The standard InChI is InChI=1S/C19H26NO4P/c1-14(2)23-25(22,24-15(3)4)19(17-12-8-9-13-18(17)21)20-16-10-6-5-7-11-16/h5-15,19-21H,1-4H3/t19-/m1/s1. The minimum atomic E-state index is -3.63. The summed E-state index contributed by atoms with van der Waals surface area (Å²) in [4.78, 5) is 0. The van der Waals surface area contributed by atoms with E-state index >= 15 is 0 Å². The van der Waals surface area contributed by atoms with E-state index in [0.717, 1.165) is 5.69 Å². The van der Waals surface area contributed by atoms with E-state index < -0.39 is 13.4 Å². The smallest absolute Gasteiger partial charge is 0.357 e. The van der Waals surface area contributed by atoms with Crippen LogP contribution < -0.4 is 5.32 Å². The van der Waals surface area contributed by atoms with E-state index in [1.807, 2.05) is 30.3 Å². The van der Waals surface area contributed by atoms with Crippen LogP contribution in [-0.2, 0) is 13.6 Å². The van der Waals surface area contributed by atoms with Crippen molar-refractivity contribution in [2.75, 3.05) is 5.32 Å². The van der Waals surface area contributed by atoms with Crippen LogP contribution >= 0.6 is 7.60 Å². The van der Waals surface area contributed by atoms with E-state index in [2.05, 4.69) is 5.32 Å². The molecular weight excluding hydrogens is 337 g/mol. The molecule has 0 unspecified atom stereocenters. The van der Waals surface area contributed by atoms with Crippen LogP contribution in [0, 0.1) is 0 Å². The molecule has 5 nitrogen and oxygen atoms in total. The van der Waals surface area contributed by atoms with Gasteiger partial charge in [-0.1, -0.05) is 36.4 Å². The Labute approximate surface area is 149 Å². The maximum Gasteiger partial charge on any atom is 0.357 e. The number of rotatable bonds is 8. The molecule has 0 aliphatic heterocycles. The lowest BCUT2D eigenvalue weighted by Crippen LogP contribution is -2.19. The highest BCUT2D eigenvalue weighted by Crippen LogP contribution is 2.63. The third-order valence-corrected chi connectivity index (χ3v) is 5.81. The summed E-state index contributed by atoms with van der Waals surface area (Å²) in [6, 6.07) is 16.2. The second-order valence-corrected chi connectivity index (χ2v) is 8.34. The zero-order chi connectivity index (χ0) is 18.4. The molecule has 0 aromatic heterocycles. The van der Waals surface area contributed by atoms with Gasteiger partial charge >= 0.3 is 7.60 Å². The van der Waals surface area contributed by atoms with Gasteiger partial charge in [0.1, 0.15) is 5.75 Å². The van der Waals surface area contributed by atoms with E-state index in [4.69, 9.17) is 9.05 Å².